The van der Waals surface area contributed by atoms with Crippen molar-refractivity contribution in [2.45, 2.75) is 87.9 Å². The molecule has 2 saturated heterocycles. The third kappa shape index (κ3) is 17.8. The topological polar surface area (TPSA) is 378 Å². The zero-order chi connectivity index (χ0) is 58.9. The van der Waals surface area contributed by atoms with E-state index in [4.69, 9.17) is 43.0 Å². The highest BCUT2D eigenvalue weighted by Crippen LogP contribution is 2.42. The molecule has 444 valence electrons. The van der Waals surface area contributed by atoms with Crippen LogP contribution in [0.3, 0.4) is 0 Å². The second-order valence-corrected chi connectivity index (χ2v) is 24.1. The van der Waals surface area contributed by atoms with Crippen LogP contribution in [-0.4, -0.2) is 210 Å². The molecule has 3 aliphatic heterocycles. The van der Waals surface area contributed by atoms with Crippen LogP contribution in [0.1, 0.15) is 64.8 Å². The Morgan fingerprint density at radius 2 is 1.49 bits per heavy atom. The fourth-order valence-electron chi connectivity index (χ4n) is 8.25. The molecule has 32 nitrogen and oxygen atoms in total. The van der Waals surface area contributed by atoms with Gasteiger partial charge in [-0.05, 0) is 33.1 Å². The summed E-state index contributed by atoms with van der Waals surface area (Å²) in [5, 5.41) is 2.56. The molecule has 4 aromatic heterocycles. The third-order valence-corrected chi connectivity index (χ3v) is 17.5. The zero-order valence-electron chi connectivity index (χ0n) is 45.4. The van der Waals surface area contributed by atoms with Crippen molar-refractivity contribution >= 4 is 108 Å². The molecule has 0 aliphatic carbocycles. The summed E-state index contributed by atoms with van der Waals surface area (Å²) < 4.78 is 72.5. The summed E-state index contributed by atoms with van der Waals surface area (Å²) in [6.07, 6.45) is 4.83. The first kappa shape index (κ1) is 63.1. The van der Waals surface area contributed by atoms with Gasteiger partial charge >= 0.3 is 28.6 Å². The maximum atomic E-state index is 13.1. The van der Waals surface area contributed by atoms with Crippen LogP contribution in [-0.2, 0) is 65.6 Å². The molecule has 82 heavy (non-hydrogen) atoms. The van der Waals surface area contributed by atoms with E-state index < -0.39 is 59.4 Å². The number of imidazole rings is 2. The average molecular weight is 1220 g/mol. The van der Waals surface area contributed by atoms with Crippen molar-refractivity contribution in [2.75, 3.05) is 104 Å². The predicted molar refractivity (Wildman–Crippen MR) is 293 cm³/mol. The van der Waals surface area contributed by atoms with E-state index in [-0.39, 0.29) is 111 Å². The van der Waals surface area contributed by atoms with Crippen molar-refractivity contribution < 1.29 is 75.2 Å². The molecule has 36 heteroatoms. The molecular formula is C46H63N15O17P2S2+2. The number of amides is 6. The number of carbonyl (C=O) groups is 6. The second-order valence-electron chi connectivity index (χ2n) is 19.2. The summed E-state index contributed by atoms with van der Waals surface area (Å²) in [6.45, 7) is 4.61. The lowest BCUT2D eigenvalue weighted by Gasteiger charge is -2.26. The SMILES string of the molecule is CN(CCN(C)C(=O)CCC(C)(C)SSCCOC(=O)N(C)CCOC(=O)Nc1ncnc2c1ncn2[C@H]1CC[C@@H](CO[P+](=O)O[C@H]2C[C@H](n3cnc4c(N)ncnc43)O[C@@H]2CO[P+](=O)N=O)O1)C(=O)CCOCCN1C(=O)C=CC1=O. The number of aromatic nitrogens is 8. The highest BCUT2D eigenvalue weighted by Gasteiger charge is 2.46. The number of nitroso groups, excluding NO2 is 1. The first-order valence-corrected chi connectivity index (χ1v) is 30.2. The van der Waals surface area contributed by atoms with Crippen LogP contribution >= 0.6 is 38.0 Å². The number of likely N-dealkylation sites (N-methyl/N-ethyl adjacent to an activating group) is 3. The molecule has 0 radical (unpaired) electrons. The van der Waals surface area contributed by atoms with Crippen LogP contribution in [0.2, 0.25) is 0 Å². The molecule has 3 N–H and O–H groups in total. The minimum absolute atomic E-state index is 0.0294. The largest absolute Gasteiger partial charge is 0.708 e. The quantitative estimate of drug-likeness (QED) is 0.0223. The van der Waals surface area contributed by atoms with Crippen molar-refractivity contribution in [3.8, 4) is 0 Å². The monoisotopic (exact) mass is 1220 g/mol. The number of carbonyl (C=O) groups excluding carboxylic acids is 6. The molecule has 4 aromatic rings. The molecule has 7 rings (SSSR count). The molecule has 7 heterocycles. The van der Waals surface area contributed by atoms with Gasteiger partial charge in [0.15, 0.2) is 28.4 Å². The van der Waals surface area contributed by atoms with Crippen LogP contribution in [0.4, 0.5) is 21.2 Å². The normalized spacial score (nSPS) is 19.2. The number of hydrogen-bond acceptors (Lipinski definition) is 26. The fourth-order valence-corrected chi connectivity index (χ4v) is 11.8. The summed E-state index contributed by atoms with van der Waals surface area (Å²) in [5.41, 5.74) is 7.24. The van der Waals surface area contributed by atoms with E-state index >= 15 is 0 Å². The van der Waals surface area contributed by atoms with Gasteiger partial charge in [0.25, 0.3) is 11.8 Å². The first-order chi connectivity index (χ1) is 39.3. The van der Waals surface area contributed by atoms with Crippen LogP contribution in [0.25, 0.3) is 22.3 Å². The van der Waals surface area contributed by atoms with Crippen molar-refractivity contribution in [3.05, 3.63) is 42.4 Å². The Labute approximate surface area is 478 Å². The number of nitrogens with zero attached hydrogens (tertiary/aromatic N) is 13. The number of hydrogen-bond donors (Lipinski definition) is 2. The van der Waals surface area contributed by atoms with E-state index in [9.17, 15) is 42.8 Å². The number of anilines is 2. The molecule has 0 saturated carbocycles. The molecule has 2 unspecified atom stereocenters. The van der Waals surface area contributed by atoms with E-state index in [0.717, 1.165) is 4.90 Å². The van der Waals surface area contributed by atoms with Gasteiger partial charge in [-0.1, -0.05) is 26.5 Å². The average Bonchev–Trinajstić information content (AvgIpc) is 4.14. The third-order valence-electron chi connectivity index (χ3n) is 12.9. The molecule has 0 aromatic carbocycles. The van der Waals surface area contributed by atoms with E-state index in [1.807, 2.05) is 13.8 Å². The summed E-state index contributed by atoms with van der Waals surface area (Å²) >= 11 is 0. The molecular weight excluding hydrogens is 1160 g/mol. The van der Waals surface area contributed by atoms with Crippen LogP contribution < -0.4 is 11.1 Å². The smallest absolute Gasteiger partial charge is 0.449 e. The Kier molecular flexibility index (Phi) is 23.2. The van der Waals surface area contributed by atoms with Gasteiger partial charge in [-0.2, -0.15) is 0 Å². The van der Waals surface area contributed by atoms with Crippen LogP contribution in [0.5, 0.6) is 0 Å². The van der Waals surface area contributed by atoms with E-state index in [1.165, 1.54) is 65.1 Å². The van der Waals surface area contributed by atoms with Gasteiger partial charge in [-0.25, -0.2) is 39.5 Å². The van der Waals surface area contributed by atoms with Crippen molar-refractivity contribution in [1.29, 1.82) is 0 Å². The standard InChI is InChI=1S/C46H62N15O17P2S2/c1-46(2,12-10-32(62)56(3)13-14-57(4)33(63)11-17-71-18-16-59-34(64)7-8-35(59)65)82-81-21-20-73-45(67)58(5)15-19-72-44(66)54-41-39-43(51-26-49-41)60(28-53-39)36-9-6-29(76-36)23-75-80(70)78-30-22-37(77-31(30)24-74-79(69)55-68)61-27-52-38-40(47)48-25-50-42(38)61/h7-8,25-31,36-37H,6,9-24H2,1-5H3,(H2-,47,48,49,50,51,54,66)/q+1/p+1/t29-,30-,31+,36+,37+/m0/s1. The van der Waals surface area contributed by atoms with Gasteiger partial charge in [0, 0.05) is 78.9 Å². The lowest BCUT2D eigenvalue weighted by atomic mass is 10.1. The van der Waals surface area contributed by atoms with Crippen LogP contribution in [0.15, 0.2) is 42.4 Å². The molecule has 7 atom stereocenters. The van der Waals surface area contributed by atoms with E-state index in [1.54, 1.807) is 38.9 Å². The lowest BCUT2D eigenvalue weighted by molar-refractivity contribution is -0.138. The van der Waals surface area contributed by atoms with Crippen molar-refractivity contribution in [3.63, 3.8) is 0 Å². The number of imide groups is 1. The number of fused-ring (bicyclic) bond motifs is 2. The Balaban J connectivity index is 0.740. The van der Waals surface area contributed by atoms with Gasteiger partial charge in [0.2, 0.25) is 16.8 Å². The van der Waals surface area contributed by atoms with Crippen LogP contribution in [0, 0.1) is 4.91 Å². The minimum atomic E-state index is -2.86. The number of nitrogens with one attached hydrogen (secondary N) is 1. The molecule has 2 fully saturated rings. The van der Waals surface area contributed by atoms with Gasteiger partial charge < -0.3 is 44.1 Å². The van der Waals surface area contributed by atoms with Gasteiger partial charge in [0.05, 0.1) is 51.5 Å². The van der Waals surface area contributed by atoms with Gasteiger partial charge in [-0.15, -0.1) is 13.6 Å². The Morgan fingerprint density at radius 3 is 2.22 bits per heavy atom. The zero-order valence-corrected chi connectivity index (χ0v) is 48.8. The molecule has 3 aliphatic rings. The molecule has 0 spiro atoms. The summed E-state index contributed by atoms with van der Waals surface area (Å²) in [7, 11) is 2.33. The van der Waals surface area contributed by atoms with Crippen molar-refractivity contribution in [2.24, 2.45) is 4.95 Å². The first-order valence-electron chi connectivity index (χ1n) is 25.6. The summed E-state index contributed by atoms with van der Waals surface area (Å²) in [5.74, 6) is -0.283. The minimum Gasteiger partial charge on any atom is -0.449 e. The Morgan fingerprint density at radius 1 is 0.805 bits per heavy atom. The highest BCUT2D eigenvalue weighted by atomic mass is 33.1. The number of ether oxygens (including phenoxy) is 5. The summed E-state index contributed by atoms with van der Waals surface area (Å²) in [4.78, 5) is 118. The second kappa shape index (κ2) is 30.2. The highest BCUT2D eigenvalue weighted by molar-refractivity contribution is 8.77. The van der Waals surface area contributed by atoms with Gasteiger partial charge in [-0.3, -0.25) is 38.5 Å². The van der Waals surface area contributed by atoms with E-state index in [0.29, 0.717) is 61.3 Å². The van der Waals surface area contributed by atoms with E-state index in [2.05, 4.69) is 40.2 Å². The maximum Gasteiger partial charge on any atom is 0.708 e. The fraction of sp³-hybridized carbons (Fsp3) is 0.609. The molecule has 0 bridgehead atoms. The van der Waals surface area contributed by atoms with Crippen molar-refractivity contribution in [1.82, 2.24) is 58.6 Å². The molecule has 6 amide bonds. The number of nitrogens with two attached hydrogens (primary N) is 1. The maximum absolute atomic E-state index is 13.1. The summed E-state index contributed by atoms with van der Waals surface area (Å²) in [6, 6.07) is 0. The Hall–Kier alpha value is -6.48. The predicted octanol–water partition coefficient (Wildman–Crippen LogP) is 4.52. The lowest BCUT2D eigenvalue weighted by Crippen LogP contribution is -2.38. The number of nitrogen functional groups attached to an aromatic ring is 1. The Bertz CT molecular complexity index is 2980. The number of rotatable bonds is 32. The van der Waals surface area contributed by atoms with Gasteiger partial charge in [0.1, 0.15) is 69.3 Å².